The maximum absolute atomic E-state index is 5.95. The van der Waals surface area contributed by atoms with Gasteiger partial charge in [0.05, 0.1) is 6.54 Å². The lowest BCUT2D eigenvalue weighted by Gasteiger charge is -2.02. The van der Waals surface area contributed by atoms with Gasteiger partial charge in [-0.1, -0.05) is 18.5 Å². The number of benzene rings is 1. The fourth-order valence-electron chi connectivity index (χ4n) is 1.70. The Morgan fingerprint density at radius 2 is 2.11 bits per heavy atom. The van der Waals surface area contributed by atoms with Crippen LogP contribution < -0.4 is 5.32 Å². The van der Waals surface area contributed by atoms with Crippen molar-refractivity contribution in [2.45, 2.75) is 19.9 Å². The van der Waals surface area contributed by atoms with Crippen LogP contribution in [0.3, 0.4) is 0 Å². The van der Waals surface area contributed by atoms with Crippen molar-refractivity contribution in [3.8, 4) is 11.3 Å². The molecule has 1 aromatic carbocycles. The van der Waals surface area contributed by atoms with Crippen LogP contribution in [0.15, 0.2) is 34.7 Å². The summed E-state index contributed by atoms with van der Waals surface area (Å²) in [6.45, 7) is 3.93. The van der Waals surface area contributed by atoms with Gasteiger partial charge in [-0.05, 0) is 65.9 Å². The van der Waals surface area contributed by atoms with Crippen LogP contribution >= 0.6 is 34.2 Å². The SMILES string of the molecule is CCCNCc1ccc(-c2ccc(Cl)cc2I)o1. The minimum Gasteiger partial charge on any atom is -0.460 e. The number of halogens is 2. The van der Waals surface area contributed by atoms with Gasteiger partial charge in [0, 0.05) is 14.2 Å². The van der Waals surface area contributed by atoms with Crippen molar-refractivity contribution < 1.29 is 4.42 Å². The van der Waals surface area contributed by atoms with Crippen molar-refractivity contribution in [3.63, 3.8) is 0 Å². The van der Waals surface area contributed by atoms with Gasteiger partial charge in [0.2, 0.25) is 0 Å². The quantitative estimate of drug-likeness (QED) is 0.605. The molecule has 0 unspecified atom stereocenters. The van der Waals surface area contributed by atoms with Crippen LogP contribution in [0.4, 0.5) is 0 Å². The van der Waals surface area contributed by atoms with Crippen molar-refractivity contribution >= 4 is 34.2 Å². The van der Waals surface area contributed by atoms with Crippen molar-refractivity contribution in [2.24, 2.45) is 0 Å². The normalized spacial score (nSPS) is 10.8. The molecule has 0 aliphatic rings. The Hall–Kier alpha value is -0.520. The molecule has 2 aromatic rings. The van der Waals surface area contributed by atoms with E-state index in [1.54, 1.807) is 0 Å². The predicted molar refractivity (Wildman–Crippen MR) is 83.9 cm³/mol. The summed E-state index contributed by atoms with van der Waals surface area (Å²) in [5.74, 6) is 1.86. The molecule has 18 heavy (non-hydrogen) atoms. The van der Waals surface area contributed by atoms with E-state index in [1.807, 2.05) is 30.3 Å². The fraction of sp³-hybridized carbons (Fsp3) is 0.286. The van der Waals surface area contributed by atoms with Gasteiger partial charge in [0.25, 0.3) is 0 Å². The first-order valence-corrected chi connectivity index (χ1v) is 7.41. The number of nitrogens with one attached hydrogen (secondary N) is 1. The van der Waals surface area contributed by atoms with Crippen LogP contribution in [-0.2, 0) is 6.54 Å². The maximum Gasteiger partial charge on any atom is 0.135 e. The van der Waals surface area contributed by atoms with Crippen molar-refractivity contribution in [1.29, 1.82) is 0 Å². The lowest BCUT2D eigenvalue weighted by Crippen LogP contribution is -2.12. The average Bonchev–Trinajstić information content (AvgIpc) is 2.78. The molecule has 2 rings (SSSR count). The molecule has 2 nitrogen and oxygen atoms in total. The monoisotopic (exact) mass is 375 g/mol. The molecule has 0 aliphatic heterocycles. The molecule has 1 heterocycles. The van der Waals surface area contributed by atoms with Crippen LogP contribution in [0, 0.1) is 3.57 Å². The lowest BCUT2D eigenvalue weighted by atomic mass is 10.2. The molecular weight excluding hydrogens is 361 g/mol. The largest absolute Gasteiger partial charge is 0.460 e. The van der Waals surface area contributed by atoms with Gasteiger partial charge in [-0.3, -0.25) is 0 Å². The summed E-state index contributed by atoms with van der Waals surface area (Å²) in [5, 5.41) is 4.07. The van der Waals surface area contributed by atoms with Crippen LogP contribution in [0.1, 0.15) is 19.1 Å². The molecule has 96 valence electrons. The molecule has 0 atom stereocenters. The molecule has 0 spiro atoms. The Kier molecular flexibility index (Phi) is 5.09. The van der Waals surface area contributed by atoms with E-state index in [-0.39, 0.29) is 0 Å². The molecule has 0 bridgehead atoms. The first-order chi connectivity index (χ1) is 8.70. The molecule has 1 aromatic heterocycles. The summed E-state index contributed by atoms with van der Waals surface area (Å²) in [6.07, 6.45) is 1.13. The first-order valence-electron chi connectivity index (χ1n) is 5.95. The second-order valence-corrected chi connectivity index (χ2v) is 5.67. The summed E-state index contributed by atoms with van der Waals surface area (Å²) in [5.41, 5.74) is 1.08. The molecule has 1 N–H and O–H groups in total. The minimum atomic E-state index is 0.750. The van der Waals surface area contributed by atoms with Gasteiger partial charge in [-0.2, -0.15) is 0 Å². The van der Waals surface area contributed by atoms with Gasteiger partial charge in [-0.15, -0.1) is 0 Å². The Morgan fingerprint density at radius 3 is 2.83 bits per heavy atom. The predicted octanol–water partition coefficient (Wildman–Crippen LogP) is 4.70. The van der Waals surface area contributed by atoms with E-state index >= 15 is 0 Å². The molecule has 0 radical (unpaired) electrons. The van der Waals surface area contributed by atoms with Gasteiger partial charge in [0.1, 0.15) is 11.5 Å². The maximum atomic E-state index is 5.95. The third-order valence-electron chi connectivity index (χ3n) is 2.58. The Morgan fingerprint density at radius 1 is 1.28 bits per heavy atom. The zero-order valence-electron chi connectivity index (χ0n) is 10.2. The number of hydrogen-bond donors (Lipinski definition) is 1. The summed E-state index contributed by atoms with van der Waals surface area (Å²) < 4.78 is 6.93. The highest BCUT2D eigenvalue weighted by atomic mass is 127. The van der Waals surface area contributed by atoms with E-state index in [2.05, 4.69) is 34.8 Å². The first kappa shape index (κ1) is 13.9. The molecule has 4 heteroatoms. The number of furan rings is 1. The molecule has 0 aliphatic carbocycles. The van der Waals surface area contributed by atoms with E-state index < -0.39 is 0 Å². The van der Waals surface area contributed by atoms with Gasteiger partial charge in [-0.25, -0.2) is 0 Å². The van der Waals surface area contributed by atoms with Crippen LogP contribution in [0.5, 0.6) is 0 Å². The molecule has 0 saturated heterocycles. The Bertz CT molecular complexity index is 524. The van der Waals surface area contributed by atoms with Crippen molar-refractivity contribution in [2.75, 3.05) is 6.54 Å². The number of hydrogen-bond acceptors (Lipinski definition) is 2. The smallest absolute Gasteiger partial charge is 0.135 e. The van der Waals surface area contributed by atoms with E-state index in [1.165, 1.54) is 0 Å². The standard InChI is InChI=1S/C14H15ClINO/c1-2-7-17-9-11-4-6-14(18-11)12-5-3-10(15)8-13(12)16/h3-6,8,17H,2,7,9H2,1H3. The topological polar surface area (TPSA) is 25.2 Å². The third-order valence-corrected chi connectivity index (χ3v) is 3.71. The van der Waals surface area contributed by atoms with Gasteiger partial charge in [0.15, 0.2) is 0 Å². The van der Waals surface area contributed by atoms with Gasteiger partial charge >= 0.3 is 0 Å². The van der Waals surface area contributed by atoms with E-state index in [0.29, 0.717) is 0 Å². The summed E-state index contributed by atoms with van der Waals surface area (Å²) in [4.78, 5) is 0. The van der Waals surface area contributed by atoms with Crippen molar-refractivity contribution in [1.82, 2.24) is 5.32 Å². The molecule has 0 fully saturated rings. The summed E-state index contributed by atoms with van der Waals surface area (Å²) in [6, 6.07) is 9.84. The van der Waals surface area contributed by atoms with Crippen molar-refractivity contribution in [3.05, 3.63) is 44.7 Å². The molecule has 0 amide bonds. The second-order valence-electron chi connectivity index (χ2n) is 4.07. The zero-order chi connectivity index (χ0) is 13.0. The van der Waals surface area contributed by atoms with E-state index in [0.717, 1.165) is 45.2 Å². The summed E-state index contributed by atoms with van der Waals surface area (Å²) in [7, 11) is 0. The zero-order valence-corrected chi connectivity index (χ0v) is 13.1. The van der Waals surface area contributed by atoms with E-state index in [9.17, 15) is 0 Å². The number of rotatable bonds is 5. The minimum absolute atomic E-state index is 0.750. The van der Waals surface area contributed by atoms with Gasteiger partial charge < -0.3 is 9.73 Å². The second kappa shape index (κ2) is 6.59. The highest BCUT2D eigenvalue weighted by Gasteiger charge is 2.08. The Labute approximate surface area is 126 Å². The third kappa shape index (κ3) is 3.49. The highest BCUT2D eigenvalue weighted by Crippen LogP contribution is 2.29. The lowest BCUT2D eigenvalue weighted by molar-refractivity contribution is 0.493. The molecular formula is C14H15ClINO. The summed E-state index contributed by atoms with van der Waals surface area (Å²) >= 11 is 8.22. The fourth-order valence-corrected chi connectivity index (χ4v) is 2.83. The van der Waals surface area contributed by atoms with Crippen LogP contribution in [0.2, 0.25) is 5.02 Å². The Balaban J connectivity index is 2.13. The van der Waals surface area contributed by atoms with Crippen LogP contribution in [0.25, 0.3) is 11.3 Å². The highest BCUT2D eigenvalue weighted by molar-refractivity contribution is 14.1. The molecule has 0 saturated carbocycles. The van der Waals surface area contributed by atoms with Crippen LogP contribution in [-0.4, -0.2) is 6.54 Å². The average molecular weight is 376 g/mol. The van der Waals surface area contributed by atoms with E-state index in [4.69, 9.17) is 16.0 Å².